The second-order valence-corrected chi connectivity index (χ2v) is 7.65. The van der Waals surface area contributed by atoms with Gasteiger partial charge in [0.1, 0.15) is 5.52 Å². The second-order valence-electron chi connectivity index (χ2n) is 7.65. The minimum atomic E-state index is -0.438. The maximum atomic E-state index is 13.4. The van der Waals surface area contributed by atoms with Crippen molar-refractivity contribution in [3.05, 3.63) is 92.0 Å². The zero-order valence-electron chi connectivity index (χ0n) is 16.4. The Kier molecular flexibility index (Phi) is 4.20. The van der Waals surface area contributed by atoms with E-state index >= 15 is 0 Å². The van der Waals surface area contributed by atoms with E-state index in [4.69, 9.17) is 0 Å². The molecule has 0 saturated heterocycles. The number of nitro groups is 1. The first-order chi connectivity index (χ1) is 14.5. The average molecular weight is 401 g/mol. The molecule has 4 aromatic rings. The van der Waals surface area contributed by atoms with E-state index in [-0.39, 0.29) is 17.8 Å². The monoisotopic (exact) mass is 401 g/mol. The molecule has 8 heteroatoms. The third-order valence-corrected chi connectivity index (χ3v) is 5.50. The highest BCUT2D eigenvalue weighted by Crippen LogP contribution is 2.41. The SMILES string of the molecule is Cc1ccccc1-n1ncc2c(C3CC3)nn(Cc3ccc([N+](=O)[O-])cc3)c(=O)c21. The van der Waals surface area contributed by atoms with Crippen LogP contribution in [-0.2, 0) is 6.54 Å². The number of hydrogen-bond acceptors (Lipinski definition) is 5. The number of benzene rings is 2. The standard InChI is InChI=1S/C22H19N5O3/c1-14-4-2-3-5-19(14)26-21-18(12-23-26)20(16-8-9-16)24-25(22(21)28)13-15-6-10-17(11-7-15)27(29)30/h2-7,10-12,16H,8-9,13H2,1H3. The number of rotatable bonds is 5. The van der Waals surface area contributed by atoms with Crippen LogP contribution in [0.3, 0.4) is 0 Å². The van der Waals surface area contributed by atoms with E-state index in [0.29, 0.717) is 11.4 Å². The summed E-state index contributed by atoms with van der Waals surface area (Å²) in [5.41, 5.74) is 3.86. The van der Waals surface area contributed by atoms with Crippen LogP contribution >= 0.6 is 0 Å². The third kappa shape index (κ3) is 3.06. The number of aromatic nitrogens is 4. The molecule has 8 nitrogen and oxygen atoms in total. The van der Waals surface area contributed by atoms with E-state index in [1.165, 1.54) is 16.8 Å². The fourth-order valence-corrected chi connectivity index (χ4v) is 3.74. The number of aryl methyl sites for hydroxylation is 1. The Morgan fingerprint density at radius 1 is 1.13 bits per heavy atom. The summed E-state index contributed by atoms with van der Waals surface area (Å²) < 4.78 is 3.15. The summed E-state index contributed by atoms with van der Waals surface area (Å²) in [6.45, 7) is 2.23. The summed E-state index contributed by atoms with van der Waals surface area (Å²) in [4.78, 5) is 23.9. The fraction of sp³-hybridized carbons (Fsp3) is 0.227. The van der Waals surface area contributed by atoms with Crippen LogP contribution in [0.1, 0.15) is 35.6 Å². The molecule has 150 valence electrons. The normalized spacial score (nSPS) is 13.6. The maximum absolute atomic E-state index is 13.4. The van der Waals surface area contributed by atoms with Crippen molar-refractivity contribution >= 4 is 16.6 Å². The minimum absolute atomic E-state index is 0.0193. The van der Waals surface area contributed by atoms with Gasteiger partial charge in [0.2, 0.25) is 0 Å². The molecule has 1 saturated carbocycles. The summed E-state index contributed by atoms with van der Waals surface area (Å²) >= 11 is 0. The molecule has 30 heavy (non-hydrogen) atoms. The Balaban J connectivity index is 1.66. The lowest BCUT2D eigenvalue weighted by Crippen LogP contribution is -2.26. The molecule has 1 aliphatic rings. The molecule has 1 fully saturated rings. The van der Waals surface area contributed by atoms with Gasteiger partial charge in [-0.15, -0.1) is 0 Å². The first kappa shape index (κ1) is 18.2. The average Bonchev–Trinajstić information content (AvgIpc) is 3.49. The van der Waals surface area contributed by atoms with Gasteiger partial charge in [-0.2, -0.15) is 10.2 Å². The second kappa shape index (κ2) is 6.91. The predicted molar refractivity (Wildman–Crippen MR) is 112 cm³/mol. The largest absolute Gasteiger partial charge is 0.293 e. The van der Waals surface area contributed by atoms with Gasteiger partial charge in [-0.1, -0.05) is 30.3 Å². The molecule has 0 unspecified atom stereocenters. The third-order valence-electron chi connectivity index (χ3n) is 5.50. The van der Waals surface area contributed by atoms with Crippen molar-refractivity contribution in [2.24, 2.45) is 0 Å². The molecule has 2 heterocycles. The van der Waals surface area contributed by atoms with Gasteiger partial charge in [0, 0.05) is 23.4 Å². The van der Waals surface area contributed by atoms with E-state index in [0.717, 1.165) is 40.7 Å². The van der Waals surface area contributed by atoms with E-state index < -0.39 is 4.92 Å². The van der Waals surface area contributed by atoms with Crippen LogP contribution in [0.2, 0.25) is 0 Å². The lowest BCUT2D eigenvalue weighted by atomic mass is 10.1. The van der Waals surface area contributed by atoms with Gasteiger partial charge in [-0.05, 0) is 37.0 Å². The van der Waals surface area contributed by atoms with Crippen LogP contribution in [-0.4, -0.2) is 24.5 Å². The summed E-state index contributed by atoms with van der Waals surface area (Å²) in [5, 5.41) is 20.9. The Morgan fingerprint density at radius 2 is 1.87 bits per heavy atom. The van der Waals surface area contributed by atoms with Crippen molar-refractivity contribution in [1.29, 1.82) is 0 Å². The van der Waals surface area contributed by atoms with Gasteiger partial charge < -0.3 is 0 Å². The van der Waals surface area contributed by atoms with Crippen molar-refractivity contribution < 1.29 is 4.92 Å². The van der Waals surface area contributed by atoms with Crippen molar-refractivity contribution in [1.82, 2.24) is 19.6 Å². The number of nitrogens with zero attached hydrogens (tertiary/aromatic N) is 5. The Hall–Kier alpha value is -3.81. The van der Waals surface area contributed by atoms with Crippen molar-refractivity contribution in [3.8, 4) is 5.69 Å². The van der Waals surface area contributed by atoms with Gasteiger partial charge in [0.25, 0.3) is 11.2 Å². The van der Waals surface area contributed by atoms with Crippen LogP contribution in [0, 0.1) is 17.0 Å². The Labute approximate surface area is 171 Å². The van der Waals surface area contributed by atoms with E-state index in [1.807, 2.05) is 31.2 Å². The molecule has 2 aromatic carbocycles. The molecule has 0 amide bonds. The highest BCUT2D eigenvalue weighted by Gasteiger charge is 2.30. The number of nitro benzene ring substituents is 1. The fourth-order valence-electron chi connectivity index (χ4n) is 3.74. The quantitative estimate of drug-likeness (QED) is 0.375. The molecule has 5 rings (SSSR count). The molecule has 2 aromatic heterocycles. The molecule has 0 bridgehead atoms. The van der Waals surface area contributed by atoms with E-state index in [2.05, 4.69) is 10.2 Å². The summed E-state index contributed by atoms with van der Waals surface area (Å²) in [6.07, 6.45) is 3.83. The predicted octanol–water partition coefficient (Wildman–Crippen LogP) is 3.72. The highest BCUT2D eigenvalue weighted by atomic mass is 16.6. The molecule has 1 aliphatic carbocycles. The summed E-state index contributed by atoms with van der Waals surface area (Å²) in [5.74, 6) is 0.339. The highest BCUT2D eigenvalue weighted by molar-refractivity contribution is 5.82. The molecule has 0 N–H and O–H groups in total. The van der Waals surface area contributed by atoms with Gasteiger partial charge in [0.15, 0.2) is 0 Å². The van der Waals surface area contributed by atoms with Gasteiger partial charge in [-0.3, -0.25) is 14.9 Å². The van der Waals surface area contributed by atoms with Gasteiger partial charge in [0.05, 0.1) is 29.0 Å². The van der Waals surface area contributed by atoms with Crippen LogP contribution < -0.4 is 5.56 Å². The van der Waals surface area contributed by atoms with Crippen LogP contribution in [0.25, 0.3) is 16.6 Å². The molecule has 0 atom stereocenters. The molecular formula is C22H19N5O3. The van der Waals surface area contributed by atoms with Crippen molar-refractivity contribution in [2.75, 3.05) is 0 Å². The number of hydrogen-bond donors (Lipinski definition) is 0. The number of fused-ring (bicyclic) bond motifs is 1. The van der Waals surface area contributed by atoms with Crippen LogP contribution in [0.15, 0.2) is 59.5 Å². The first-order valence-electron chi connectivity index (χ1n) is 9.81. The zero-order valence-corrected chi connectivity index (χ0v) is 16.4. The topological polar surface area (TPSA) is 95.8 Å². The lowest BCUT2D eigenvalue weighted by molar-refractivity contribution is -0.384. The van der Waals surface area contributed by atoms with E-state index in [1.54, 1.807) is 23.0 Å². The van der Waals surface area contributed by atoms with Crippen molar-refractivity contribution in [2.45, 2.75) is 32.2 Å². The molecule has 0 aliphatic heterocycles. The Morgan fingerprint density at radius 3 is 2.53 bits per heavy atom. The smallest absolute Gasteiger partial charge is 0.265 e. The van der Waals surface area contributed by atoms with Gasteiger partial charge >= 0.3 is 0 Å². The van der Waals surface area contributed by atoms with Crippen molar-refractivity contribution in [3.63, 3.8) is 0 Å². The lowest BCUT2D eigenvalue weighted by Gasteiger charge is -2.11. The number of para-hydroxylation sites is 1. The number of non-ortho nitro benzene ring substituents is 1. The minimum Gasteiger partial charge on any atom is -0.265 e. The van der Waals surface area contributed by atoms with Crippen LogP contribution in [0.5, 0.6) is 0 Å². The molecular weight excluding hydrogens is 382 g/mol. The van der Waals surface area contributed by atoms with Crippen LogP contribution in [0.4, 0.5) is 5.69 Å². The Bertz CT molecular complexity index is 1330. The maximum Gasteiger partial charge on any atom is 0.293 e. The molecule has 0 radical (unpaired) electrons. The first-order valence-corrected chi connectivity index (χ1v) is 9.81. The zero-order chi connectivity index (χ0) is 20.8. The molecule has 0 spiro atoms. The van der Waals surface area contributed by atoms with Gasteiger partial charge in [-0.25, -0.2) is 9.36 Å². The summed E-state index contributed by atoms with van der Waals surface area (Å²) in [6, 6.07) is 14.0. The van der Waals surface area contributed by atoms with E-state index in [9.17, 15) is 14.9 Å². The summed E-state index contributed by atoms with van der Waals surface area (Å²) in [7, 11) is 0.